The van der Waals surface area contributed by atoms with Gasteiger partial charge in [-0.2, -0.15) is 0 Å². The fourth-order valence-electron chi connectivity index (χ4n) is 9.37. The molecule has 2 aromatic rings. The average Bonchev–Trinajstić information content (AvgIpc) is 3.27. The van der Waals surface area contributed by atoms with Crippen LogP contribution in [0.25, 0.3) is 0 Å². The largest absolute Gasteiger partial charge is 0.478 e. The number of carboxylic acid groups (broad SMARTS) is 1. The highest BCUT2D eigenvalue weighted by Gasteiger charge is 2.74. The number of aliphatic hydroxyl groups is 1. The van der Waals surface area contributed by atoms with E-state index in [4.69, 9.17) is 0 Å². The maximum Gasteiger partial charge on any atom is 0.335 e. The van der Waals surface area contributed by atoms with Crippen molar-refractivity contribution in [1.29, 1.82) is 0 Å². The number of aliphatic hydroxyl groups excluding tert-OH is 1. The van der Waals surface area contributed by atoms with Crippen LogP contribution in [-0.4, -0.2) is 44.9 Å². The van der Waals surface area contributed by atoms with Crippen LogP contribution >= 0.6 is 11.8 Å². The molecular formula is C35H36F2O5S. The summed E-state index contributed by atoms with van der Waals surface area (Å²) in [6.07, 6.45) is 4.87. The minimum Gasteiger partial charge on any atom is -0.478 e. The van der Waals surface area contributed by atoms with E-state index in [1.165, 1.54) is 18.2 Å². The van der Waals surface area contributed by atoms with E-state index in [0.717, 1.165) is 11.1 Å². The number of ketones is 1. The van der Waals surface area contributed by atoms with Crippen molar-refractivity contribution in [3.63, 3.8) is 0 Å². The van der Waals surface area contributed by atoms with Crippen LogP contribution in [0.4, 0.5) is 8.78 Å². The van der Waals surface area contributed by atoms with Gasteiger partial charge in [-0.25, -0.2) is 13.6 Å². The van der Waals surface area contributed by atoms with E-state index < -0.39 is 51.0 Å². The van der Waals surface area contributed by atoms with Gasteiger partial charge >= 0.3 is 5.97 Å². The number of alkyl halides is 2. The van der Waals surface area contributed by atoms with Crippen LogP contribution in [0.15, 0.2) is 72.3 Å². The van der Waals surface area contributed by atoms with Crippen LogP contribution in [0.1, 0.15) is 73.0 Å². The SMILES string of the molecule is C[C@]12C=CC(=O)C=C1CCC1C3CC[C@@](C(=O)SCF)(c4cc(Cc5ccccc5)ccc4C(=O)O)[C@@]3(C)C[C@H](O)C12F. The first-order valence-electron chi connectivity index (χ1n) is 14.9. The van der Waals surface area contributed by atoms with Crippen molar-refractivity contribution in [3.05, 3.63) is 94.6 Å². The van der Waals surface area contributed by atoms with Crippen molar-refractivity contribution < 1.29 is 33.4 Å². The number of carbonyl (C=O) groups excluding carboxylic acids is 2. The highest BCUT2D eigenvalue weighted by Crippen LogP contribution is 2.72. The molecule has 226 valence electrons. The number of carbonyl (C=O) groups is 3. The minimum atomic E-state index is -2.09. The third-order valence-corrected chi connectivity index (χ3v) is 12.1. The zero-order chi connectivity index (χ0) is 30.8. The van der Waals surface area contributed by atoms with E-state index in [1.54, 1.807) is 25.1 Å². The summed E-state index contributed by atoms with van der Waals surface area (Å²) in [5.41, 5.74) is -3.01. The molecule has 3 saturated carbocycles. The number of fused-ring (bicyclic) bond motifs is 5. The maximum absolute atomic E-state index is 17.7. The Morgan fingerprint density at radius 3 is 2.49 bits per heavy atom. The van der Waals surface area contributed by atoms with Crippen LogP contribution in [0, 0.1) is 22.7 Å². The topological polar surface area (TPSA) is 91.7 Å². The summed E-state index contributed by atoms with van der Waals surface area (Å²) in [6, 6.07) is 13.7. The third kappa shape index (κ3) is 4.16. The van der Waals surface area contributed by atoms with Gasteiger partial charge in [0.1, 0.15) is 6.01 Å². The Morgan fingerprint density at radius 1 is 1.05 bits per heavy atom. The normalized spacial score (nSPS) is 36.3. The Morgan fingerprint density at radius 2 is 1.79 bits per heavy atom. The summed E-state index contributed by atoms with van der Waals surface area (Å²) in [5.74, 6) is -2.42. The van der Waals surface area contributed by atoms with Crippen molar-refractivity contribution >= 4 is 28.6 Å². The second-order valence-electron chi connectivity index (χ2n) is 13.1. The Kier molecular flexibility index (Phi) is 7.32. The number of hydrogen-bond acceptors (Lipinski definition) is 5. The number of halogens is 2. The zero-order valence-electron chi connectivity index (χ0n) is 24.3. The van der Waals surface area contributed by atoms with Gasteiger partial charge in [0.2, 0.25) is 5.12 Å². The van der Waals surface area contributed by atoms with Gasteiger partial charge in [0, 0.05) is 11.3 Å². The number of hydrogen-bond donors (Lipinski definition) is 2. The predicted molar refractivity (Wildman–Crippen MR) is 161 cm³/mol. The molecule has 3 unspecified atom stereocenters. The predicted octanol–water partition coefficient (Wildman–Crippen LogP) is 6.77. The number of allylic oxidation sites excluding steroid dienone is 4. The molecule has 43 heavy (non-hydrogen) atoms. The summed E-state index contributed by atoms with van der Waals surface area (Å²) in [6.45, 7) is 3.61. The fourth-order valence-corrected chi connectivity index (χ4v) is 10.2. The summed E-state index contributed by atoms with van der Waals surface area (Å²) in [5, 5.41) is 21.7. The van der Waals surface area contributed by atoms with Gasteiger partial charge in [0.15, 0.2) is 11.5 Å². The van der Waals surface area contributed by atoms with Crippen molar-refractivity contribution in [1.82, 2.24) is 0 Å². The van der Waals surface area contributed by atoms with Crippen LogP contribution in [0.5, 0.6) is 0 Å². The lowest BCUT2D eigenvalue weighted by atomic mass is 9.43. The molecule has 6 rings (SSSR count). The molecule has 0 bridgehead atoms. The molecule has 2 N–H and O–H groups in total. The highest BCUT2D eigenvalue weighted by atomic mass is 32.2. The van der Waals surface area contributed by atoms with Gasteiger partial charge in [-0.05, 0) is 91.7 Å². The van der Waals surface area contributed by atoms with Gasteiger partial charge in [-0.15, -0.1) is 0 Å². The molecule has 7 atom stereocenters. The Bertz CT molecular complexity index is 1550. The van der Waals surface area contributed by atoms with Crippen LogP contribution in [-0.2, 0) is 21.4 Å². The van der Waals surface area contributed by atoms with E-state index in [-0.39, 0.29) is 30.1 Å². The summed E-state index contributed by atoms with van der Waals surface area (Å²) in [4.78, 5) is 39.1. The van der Waals surface area contributed by atoms with Crippen LogP contribution < -0.4 is 0 Å². The Balaban J connectivity index is 1.51. The van der Waals surface area contributed by atoms with Crippen molar-refractivity contribution in [3.8, 4) is 0 Å². The standard InChI is InChI=1S/C35H36F2O5S/c1-32-14-12-24(38)18-23(32)9-11-27-26-13-15-34(31(42)43-20-36,33(26,2)19-29(39)35(27,32)37)28-17-22(8-10-25(28)30(40)41)16-21-6-4-3-5-7-21/h3-8,10,12,14,17-18,26-27,29,39H,9,11,13,15-16,19-20H2,1-2H3,(H,40,41)/t26?,27?,29-,32-,33-,34-,35?/m0/s1. The number of benzene rings is 2. The van der Waals surface area contributed by atoms with Gasteiger partial charge in [0.25, 0.3) is 0 Å². The van der Waals surface area contributed by atoms with Crippen molar-refractivity contribution in [2.75, 3.05) is 6.01 Å². The molecule has 0 radical (unpaired) electrons. The van der Waals surface area contributed by atoms with Crippen LogP contribution in [0.3, 0.4) is 0 Å². The third-order valence-electron chi connectivity index (χ3n) is 11.4. The fraction of sp³-hybridized carbons (Fsp3) is 0.457. The second kappa shape index (κ2) is 10.5. The quantitative estimate of drug-likeness (QED) is 0.377. The highest BCUT2D eigenvalue weighted by molar-refractivity contribution is 8.13. The van der Waals surface area contributed by atoms with E-state index in [1.807, 2.05) is 37.3 Å². The minimum absolute atomic E-state index is 0.0346. The first-order valence-corrected chi connectivity index (χ1v) is 15.9. The summed E-state index contributed by atoms with van der Waals surface area (Å²) < 4.78 is 31.6. The molecule has 0 amide bonds. The van der Waals surface area contributed by atoms with E-state index in [9.17, 15) is 29.0 Å². The van der Waals surface area contributed by atoms with Crippen LogP contribution in [0.2, 0.25) is 0 Å². The lowest BCUT2D eigenvalue weighted by molar-refractivity contribution is -0.197. The summed E-state index contributed by atoms with van der Waals surface area (Å²) in [7, 11) is 0. The molecule has 2 aromatic carbocycles. The lowest BCUT2D eigenvalue weighted by Crippen LogP contribution is -2.68. The molecular weight excluding hydrogens is 570 g/mol. The van der Waals surface area contributed by atoms with E-state index in [0.29, 0.717) is 48.6 Å². The second-order valence-corrected chi connectivity index (χ2v) is 14.0. The Hall–Kier alpha value is -3.10. The first-order chi connectivity index (χ1) is 20.4. The van der Waals surface area contributed by atoms with Crippen molar-refractivity contribution in [2.24, 2.45) is 22.7 Å². The first kappa shape index (κ1) is 29.9. The Labute approximate surface area is 254 Å². The molecule has 0 aliphatic heterocycles. The van der Waals surface area contributed by atoms with Gasteiger partial charge < -0.3 is 10.2 Å². The maximum atomic E-state index is 17.7. The molecule has 8 heteroatoms. The van der Waals surface area contributed by atoms with E-state index in [2.05, 4.69) is 0 Å². The molecule has 0 heterocycles. The number of rotatable bonds is 6. The number of thioether (sulfide) groups is 1. The molecule has 0 aromatic heterocycles. The molecule has 0 spiro atoms. The number of aromatic carboxylic acids is 1. The summed E-state index contributed by atoms with van der Waals surface area (Å²) >= 11 is 0.522. The van der Waals surface area contributed by atoms with Crippen molar-refractivity contribution in [2.45, 2.75) is 69.6 Å². The van der Waals surface area contributed by atoms with Gasteiger partial charge in [-0.1, -0.05) is 72.8 Å². The van der Waals surface area contributed by atoms with Gasteiger partial charge in [-0.3, -0.25) is 9.59 Å². The molecule has 0 saturated heterocycles. The molecule has 4 aliphatic carbocycles. The lowest BCUT2D eigenvalue weighted by Gasteiger charge is -2.63. The zero-order valence-corrected chi connectivity index (χ0v) is 25.1. The molecule has 3 fully saturated rings. The average molecular weight is 607 g/mol. The monoisotopic (exact) mass is 606 g/mol. The number of carboxylic acids is 1. The molecule has 4 aliphatic rings. The smallest absolute Gasteiger partial charge is 0.335 e. The van der Waals surface area contributed by atoms with E-state index >= 15 is 4.39 Å². The van der Waals surface area contributed by atoms with Gasteiger partial charge in [0.05, 0.1) is 17.1 Å². The molecule has 5 nitrogen and oxygen atoms in total.